The highest BCUT2D eigenvalue weighted by Gasteiger charge is 2.17. The zero-order valence-corrected chi connectivity index (χ0v) is 17.0. The number of imidazole rings is 1. The van der Waals surface area contributed by atoms with Gasteiger partial charge in [0.25, 0.3) is 5.91 Å². The first-order chi connectivity index (χ1) is 14.1. The van der Waals surface area contributed by atoms with Crippen molar-refractivity contribution in [2.45, 2.75) is 13.5 Å². The van der Waals surface area contributed by atoms with Crippen LogP contribution in [0.2, 0.25) is 5.02 Å². The zero-order valence-electron chi connectivity index (χ0n) is 15.4. The minimum atomic E-state index is -0.135. The average molecular weight is 422 g/mol. The lowest BCUT2D eigenvalue weighted by Crippen LogP contribution is -2.22. The van der Waals surface area contributed by atoms with Crippen LogP contribution < -0.4 is 5.32 Å². The maximum Gasteiger partial charge on any atom is 0.261 e. The number of para-hydroxylation sites is 2. The number of thiophene rings is 1. The molecule has 6 nitrogen and oxygen atoms in total. The molecule has 1 amide bonds. The van der Waals surface area contributed by atoms with Gasteiger partial charge in [-0.15, -0.1) is 11.3 Å². The van der Waals surface area contributed by atoms with Gasteiger partial charge in [0, 0.05) is 10.4 Å². The second-order valence-corrected chi connectivity index (χ2v) is 8.16. The number of aromatic nitrogens is 4. The molecule has 8 heteroatoms. The van der Waals surface area contributed by atoms with Crippen molar-refractivity contribution >= 4 is 50.1 Å². The summed E-state index contributed by atoms with van der Waals surface area (Å²) >= 11 is 7.53. The van der Waals surface area contributed by atoms with Crippen LogP contribution in [0.4, 0.5) is 0 Å². The van der Waals surface area contributed by atoms with Crippen LogP contribution in [0, 0.1) is 6.92 Å². The van der Waals surface area contributed by atoms with Crippen LogP contribution in [0.1, 0.15) is 21.2 Å². The van der Waals surface area contributed by atoms with E-state index in [4.69, 9.17) is 11.6 Å². The lowest BCUT2D eigenvalue weighted by Gasteiger charge is -2.03. The number of hydrogen-bond acceptors (Lipinski definition) is 4. The molecular weight excluding hydrogens is 406 g/mol. The molecule has 0 bridgehead atoms. The van der Waals surface area contributed by atoms with E-state index < -0.39 is 0 Å². The molecule has 0 fully saturated rings. The van der Waals surface area contributed by atoms with Crippen molar-refractivity contribution in [3.05, 3.63) is 76.0 Å². The van der Waals surface area contributed by atoms with Gasteiger partial charge in [-0.3, -0.25) is 4.79 Å². The Morgan fingerprint density at radius 2 is 2.07 bits per heavy atom. The Hall–Kier alpha value is -3.16. The molecule has 3 heterocycles. The Balaban J connectivity index is 1.41. The van der Waals surface area contributed by atoms with Crippen LogP contribution in [-0.2, 0) is 6.54 Å². The molecular formula is C21H16ClN5OS. The number of aryl methyl sites for hydroxylation is 1. The molecule has 0 aliphatic carbocycles. The van der Waals surface area contributed by atoms with Gasteiger partial charge in [-0.05, 0) is 43.3 Å². The van der Waals surface area contributed by atoms with Gasteiger partial charge in [0.2, 0.25) is 0 Å². The first-order valence-electron chi connectivity index (χ1n) is 9.05. The maximum atomic E-state index is 12.7. The molecule has 5 rings (SSSR count). The number of aromatic amines is 1. The Morgan fingerprint density at radius 1 is 1.21 bits per heavy atom. The van der Waals surface area contributed by atoms with Crippen LogP contribution in [0.15, 0.2) is 54.6 Å². The van der Waals surface area contributed by atoms with Crippen molar-refractivity contribution in [2.75, 3.05) is 0 Å². The summed E-state index contributed by atoms with van der Waals surface area (Å²) in [5, 5.41) is 9.15. The molecule has 3 aromatic heterocycles. The van der Waals surface area contributed by atoms with Crippen LogP contribution in [0.25, 0.3) is 26.9 Å². The second kappa shape index (κ2) is 7.02. The Labute approximate surface area is 175 Å². The van der Waals surface area contributed by atoms with Gasteiger partial charge < -0.3 is 10.3 Å². The van der Waals surface area contributed by atoms with E-state index in [1.54, 1.807) is 0 Å². The van der Waals surface area contributed by atoms with Gasteiger partial charge in [-0.1, -0.05) is 29.8 Å². The topological polar surface area (TPSA) is 75.6 Å². The van der Waals surface area contributed by atoms with Crippen molar-refractivity contribution in [3.8, 4) is 5.69 Å². The fourth-order valence-corrected chi connectivity index (χ4v) is 4.57. The summed E-state index contributed by atoms with van der Waals surface area (Å²) in [4.78, 5) is 22.0. The molecule has 0 saturated carbocycles. The predicted octanol–water partition coefficient (Wildman–Crippen LogP) is 4.86. The molecule has 29 heavy (non-hydrogen) atoms. The Bertz CT molecular complexity index is 1330. The SMILES string of the molecule is Cc1nn(-c2cccc(Cl)c2)c2sc(C(=O)NCc3nc4ccccc4[nH]3)cc12. The maximum absolute atomic E-state index is 12.7. The van der Waals surface area contributed by atoms with Gasteiger partial charge >= 0.3 is 0 Å². The molecule has 0 radical (unpaired) electrons. The number of rotatable bonds is 4. The minimum Gasteiger partial charge on any atom is -0.344 e. The van der Waals surface area contributed by atoms with Crippen LogP contribution in [-0.4, -0.2) is 25.7 Å². The van der Waals surface area contributed by atoms with Crippen LogP contribution >= 0.6 is 22.9 Å². The second-order valence-electron chi connectivity index (χ2n) is 6.69. The molecule has 144 valence electrons. The zero-order chi connectivity index (χ0) is 20.0. The third-order valence-electron chi connectivity index (χ3n) is 4.68. The first-order valence-corrected chi connectivity index (χ1v) is 10.2. The van der Waals surface area contributed by atoms with E-state index in [2.05, 4.69) is 20.4 Å². The summed E-state index contributed by atoms with van der Waals surface area (Å²) in [6.07, 6.45) is 0. The van der Waals surface area contributed by atoms with Gasteiger partial charge in [0.15, 0.2) is 0 Å². The van der Waals surface area contributed by atoms with E-state index in [9.17, 15) is 4.79 Å². The van der Waals surface area contributed by atoms with E-state index >= 15 is 0 Å². The van der Waals surface area contributed by atoms with Crippen LogP contribution in [0.3, 0.4) is 0 Å². The van der Waals surface area contributed by atoms with Gasteiger partial charge in [0.1, 0.15) is 10.7 Å². The lowest BCUT2D eigenvalue weighted by molar-refractivity contribution is 0.0954. The quantitative estimate of drug-likeness (QED) is 0.435. The third-order valence-corrected chi connectivity index (χ3v) is 6.02. The molecule has 0 aliphatic rings. The van der Waals surface area contributed by atoms with E-state index in [-0.39, 0.29) is 5.91 Å². The fourth-order valence-electron chi connectivity index (χ4n) is 3.28. The van der Waals surface area contributed by atoms with Gasteiger partial charge in [0.05, 0.1) is 33.8 Å². The minimum absolute atomic E-state index is 0.135. The Morgan fingerprint density at radius 3 is 2.90 bits per heavy atom. The number of fused-ring (bicyclic) bond motifs is 2. The summed E-state index contributed by atoms with van der Waals surface area (Å²) in [5.41, 5.74) is 3.57. The normalized spacial score (nSPS) is 11.4. The number of hydrogen-bond donors (Lipinski definition) is 2. The highest BCUT2D eigenvalue weighted by atomic mass is 35.5. The first kappa shape index (κ1) is 17.9. The standard InChI is InChI=1S/C21H16ClN5OS/c1-12-15-10-18(29-21(15)27(26-12)14-6-4-5-13(22)9-14)20(28)23-11-19-24-16-7-2-3-8-17(16)25-19/h2-10H,11H2,1H3,(H,23,28)(H,24,25). The molecule has 0 saturated heterocycles. The number of nitrogens with zero attached hydrogens (tertiary/aromatic N) is 3. The van der Waals surface area contributed by atoms with Crippen molar-refractivity contribution in [1.29, 1.82) is 0 Å². The number of nitrogens with one attached hydrogen (secondary N) is 2. The highest BCUT2D eigenvalue weighted by molar-refractivity contribution is 7.20. The molecule has 0 atom stereocenters. The molecule has 0 unspecified atom stereocenters. The number of H-pyrrole nitrogens is 1. The number of benzene rings is 2. The van der Waals surface area contributed by atoms with Crippen molar-refractivity contribution in [3.63, 3.8) is 0 Å². The van der Waals surface area contributed by atoms with Crippen molar-refractivity contribution in [1.82, 2.24) is 25.1 Å². The largest absolute Gasteiger partial charge is 0.344 e. The predicted molar refractivity (Wildman–Crippen MR) is 116 cm³/mol. The third kappa shape index (κ3) is 3.28. The molecule has 5 aromatic rings. The summed E-state index contributed by atoms with van der Waals surface area (Å²) in [6.45, 7) is 2.27. The fraction of sp³-hybridized carbons (Fsp3) is 0.0952. The molecule has 0 aliphatic heterocycles. The summed E-state index contributed by atoms with van der Waals surface area (Å²) in [6, 6.07) is 17.2. The lowest BCUT2D eigenvalue weighted by atomic mass is 10.3. The smallest absolute Gasteiger partial charge is 0.261 e. The van der Waals surface area contributed by atoms with Gasteiger partial charge in [-0.25, -0.2) is 9.67 Å². The highest BCUT2D eigenvalue weighted by Crippen LogP contribution is 2.31. The Kier molecular flexibility index (Phi) is 4.34. The van der Waals surface area contributed by atoms with E-state index in [1.807, 2.05) is 66.2 Å². The number of halogens is 1. The summed E-state index contributed by atoms with van der Waals surface area (Å²) in [7, 11) is 0. The van der Waals surface area contributed by atoms with E-state index in [0.29, 0.717) is 16.4 Å². The number of carbonyl (C=O) groups is 1. The number of amides is 1. The average Bonchev–Trinajstić information content (AvgIpc) is 3.40. The monoisotopic (exact) mass is 421 g/mol. The van der Waals surface area contributed by atoms with E-state index in [1.165, 1.54) is 11.3 Å². The molecule has 0 spiro atoms. The van der Waals surface area contributed by atoms with E-state index in [0.717, 1.165) is 38.5 Å². The van der Waals surface area contributed by atoms with Gasteiger partial charge in [-0.2, -0.15) is 5.10 Å². The number of carbonyl (C=O) groups excluding carboxylic acids is 1. The molecule has 2 aromatic carbocycles. The van der Waals surface area contributed by atoms with Crippen LogP contribution in [0.5, 0.6) is 0 Å². The summed E-state index contributed by atoms with van der Waals surface area (Å²) < 4.78 is 1.83. The summed E-state index contributed by atoms with van der Waals surface area (Å²) in [5.74, 6) is 0.589. The van der Waals surface area contributed by atoms with Crippen molar-refractivity contribution in [2.24, 2.45) is 0 Å². The van der Waals surface area contributed by atoms with Crippen molar-refractivity contribution < 1.29 is 4.79 Å². The molecule has 2 N–H and O–H groups in total.